The number of carbonyl (C=O) groups excluding carboxylic acids is 1. The topological polar surface area (TPSA) is 42.0 Å². The van der Waals surface area contributed by atoms with Gasteiger partial charge in [0, 0.05) is 5.69 Å². The Balaban J connectivity index is 2.21. The molecule has 2 aromatic rings. The lowest BCUT2D eigenvalue weighted by molar-refractivity contribution is -0.163. The molecule has 0 saturated carbocycles. The van der Waals surface area contributed by atoms with E-state index in [9.17, 15) is 22.4 Å². The molecular formula is C10H6F4N2OS. The highest BCUT2D eigenvalue weighted by Gasteiger charge is 2.48. The summed E-state index contributed by atoms with van der Waals surface area (Å²) in [6, 6.07) is 4.22. The van der Waals surface area contributed by atoms with Crippen molar-refractivity contribution in [2.45, 2.75) is 12.3 Å². The first-order valence-corrected chi connectivity index (χ1v) is 5.60. The Morgan fingerprint density at radius 1 is 1.39 bits per heavy atom. The summed E-state index contributed by atoms with van der Waals surface area (Å²) in [7, 11) is 0. The molecule has 0 spiro atoms. The lowest BCUT2D eigenvalue weighted by Crippen LogP contribution is -2.40. The fraction of sp³-hybridized carbons (Fsp3) is 0.200. The van der Waals surface area contributed by atoms with E-state index in [0.717, 1.165) is 0 Å². The maximum absolute atomic E-state index is 12.7. The fourth-order valence-electron chi connectivity index (χ4n) is 1.25. The first-order chi connectivity index (χ1) is 8.41. The monoisotopic (exact) mass is 278 g/mol. The van der Waals surface area contributed by atoms with Gasteiger partial charge in [0.25, 0.3) is 0 Å². The molecule has 0 saturated heterocycles. The van der Waals surface area contributed by atoms with E-state index in [1.807, 2.05) is 0 Å². The molecular weight excluding hydrogens is 272 g/mol. The Bertz CT molecular complexity index is 584. The molecule has 96 valence electrons. The summed E-state index contributed by atoms with van der Waals surface area (Å²) < 4.78 is 50.0. The smallest absolute Gasteiger partial charge is 0.321 e. The highest BCUT2D eigenvalue weighted by atomic mass is 32.1. The van der Waals surface area contributed by atoms with Crippen molar-refractivity contribution in [3.63, 3.8) is 0 Å². The van der Waals surface area contributed by atoms with Gasteiger partial charge in [-0.05, 0) is 18.2 Å². The van der Waals surface area contributed by atoms with Crippen LogP contribution in [0.2, 0.25) is 0 Å². The fourth-order valence-corrected chi connectivity index (χ4v) is 1.96. The van der Waals surface area contributed by atoms with Crippen molar-refractivity contribution >= 4 is 33.1 Å². The third kappa shape index (κ3) is 2.28. The molecule has 0 radical (unpaired) electrons. The summed E-state index contributed by atoms with van der Waals surface area (Å²) in [5.74, 6) is -6.73. The quantitative estimate of drug-likeness (QED) is 0.876. The SMILES string of the molecule is O=C(Nc1ccc2ncsc2c1)C(F)(F)C(F)F. The van der Waals surface area contributed by atoms with Crippen molar-refractivity contribution in [3.8, 4) is 0 Å². The normalized spacial score (nSPS) is 12.1. The van der Waals surface area contributed by atoms with E-state index in [0.29, 0.717) is 10.2 Å². The van der Waals surface area contributed by atoms with Gasteiger partial charge in [0.1, 0.15) is 0 Å². The molecule has 1 aromatic carbocycles. The number of anilines is 1. The summed E-state index contributed by atoms with van der Waals surface area (Å²) in [5, 5.41) is 1.76. The van der Waals surface area contributed by atoms with E-state index in [2.05, 4.69) is 4.98 Å². The van der Waals surface area contributed by atoms with Crippen LogP contribution in [0.4, 0.5) is 23.2 Å². The van der Waals surface area contributed by atoms with E-state index in [1.165, 1.54) is 29.5 Å². The van der Waals surface area contributed by atoms with E-state index >= 15 is 0 Å². The van der Waals surface area contributed by atoms with E-state index in [4.69, 9.17) is 0 Å². The largest absolute Gasteiger partial charge is 0.383 e. The third-order valence-electron chi connectivity index (χ3n) is 2.17. The molecule has 0 atom stereocenters. The van der Waals surface area contributed by atoms with Crippen molar-refractivity contribution in [1.29, 1.82) is 0 Å². The van der Waals surface area contributed by atoms with Crippen molar-refractivity contribution < 1.29 is 22.4 Å². The van der Waals surface area contributed by atoms with Gasteiger partial charge in [0.15, 0.2) is 0 Å². The number of fused-ring (bicyclic) bond motifs is 1. The number of carbonyl (C=O) groups is 1. The Morgan fingerprint density at radius 3 is 2.78 bits per heavy atom. The molecule has 0 aliphatic rings. The van der Waals surface area contributed by atoms with Gasteiger partial charge < -0.3 is 5.32 Å². The zero-order valence-corrected chi connectivity index (χ0v) is 9.48. The Hall–Kier alpha value is -1.70. The molecule has 1 amide bonds. The van der Waals surface area contributed by atoms with Crippen molar-refractivity contribution in [2.75, 3.05) is 5.32 Å². The highest BCUT2D eigenvalue weighted by molar-refractivity contribution is 7.16. The Morgan fingerprint density at radius 2 is 2.11 bits per heavy atom. The van der Waals surface area contributed by atoms with Crippen LogP contribution >= 0.6 is 11.3 Å². The van der Waals surface area contributed by atoms with Gasteiger partial charge in [0.2, 0.25) is 0 Å². The number of aromatic nitrogens is 1. The average molecular weight is 278 g/mol. The maximum Gasteiger partial charge on any atom is 0.383 e. The minimum atomic E-state index is -4.71. The number of hydrogen-bond acceptors (Lipinski definition) is 3. The number of nitrogens with one attached hydrogen (secondary N) is 1. The molecule has 0 unspecified atom stereocenters. The van der Waals surface area contributed by atoms with Crippen molar-refractivity contribution in [2.24, 2.45) is 0 Å². The number of rotatable bonds is 3. The number of benzene rings is 1. The predicted octanol–water partition coefficient (Wildman–Crippen LogP) is 3.14. The molecule has 1 aromatic heterocycles. The molecule has 8 heteroatoms. The average Bonchev–Trinajstić information content (AvgIpc) is 2.75. The standard InChI is InChI=1S/C10H6F4N2OS/c11-8(12)10(13,14)9(17)16-5-1-2-6-7(3-5)18-4-15-6/h1-4,8H,(H,16,17). The summed E-state index contributed by atoms with van der Waals surface area (Å²) in [4.78, 5) is 15.0. The molecule has 3 nitrogen and oxygen atoms in total. The van der Waals surface area contributed by atoms with Crippen LogP contribution in [0.1, 0.15) is 0 Å². The molecule has 0 bridgehead atoms. The molecule has 0 fully saturated rings. The Kier molecular flexibility index (Phi) is 3.20. The molecule has 18 heavy (non-hydrogen) atoms. The number of alkyl halides is 4. The predicted molar refractivity (Wildman–Crippen MR) is 59.2 cm³/mol. The second-order valence-electron chi connectivity index (χ2n) is 3.41. The van der Waals surface area contributed by atoms with Crippen LogP contribution in [-0.2, 0) is 4.79 Å². The van der Waals surface area contributed by atoms with E-state index < -0.39 is 18.3 Å². The Labute approximate surface area is 102 Å². The summed E-state index contributed by atoms with van der Waals surface area (Å²) in [6.07, 6.45) is -4.04. The van der Waals surface area contributed by atoms with Crippen LogP contribution < -0.4 is 5.32 Å². The molecule has 0 aliphatic carbocycles. The molecule has 2 rings (SSSR count). The van der Waals surface area contributed by atoms with Gasteiger partial charge in [-0.15, -0.1) is 11.3 Å². The zero-order valence-electron chi connectivity index (χ0n) is 8.66. The number of amides is 1. The second-order valence-corrected chi connectivity index (χ2v) is 4.30. The first-order valence-electron chi connectivity index (χ1n) is 4.72. The van der Waals surface area contributed by atoms with Crippen LogP contribution in [0, 0.1) is 0 Å². The van der Waals surface area contributed by atoms with Crippen LogP contribution in [0.25, 0.3) is 10.2 Å². The molecule has 1 N–H and O–H groups in total. The number of thiazole rings is 1. The third-order valence-corrected chi connectivity index (χ3v) is 2.96. The number of halogens is 4. The minimum absolute atomic E-state index is 0.0251. The highest BCUT2D eigenvalue weighted by Crippen LogP contribution is 2.26. The van der Waals surface area contributed by atoms with Crippen LogP contribution in [-0.4, -0.2) is 23.2 Å². The number of nitrogens with zero attached hydrogens (tertiary/aromatic N) is 1. The van der Waals surface area contributed by atoms with Gasteiger partial charge in [-0.3, -0.25) is 4.79 Å². The van der Waals surface area contributed by atoms with E-state index in [1.54, 1.807) is 10.8 Å². The number of hydrogen-bond donors (Lipinski definition) is 1. The van der Waals surface area contributed by atoms with Gasteiger partial charge in [-0.2, -0.15) is 8.78 Å². The lowest BCUT2D eigenvalue weighted by Gasteiger charge is -2.14. The van der Waals surface area contributed by atoms with Crippen molar-refractivity contribution in [1.82, 2.24) is 4.98 Å². The summed E-state index contributed by atoms with van der Waals surface area (Å²) >= 11 is 1.24. The minimum Gasteiger partial charge on any atom is -0.321 e. The van der Waals surface area contributed by atoms with Gasteiger partial charge in [-0.1, -0.05) is 0 Å². The van der Waals surface area contributed by atoms with Gasteiger partial charge >= 0.3 is 18.3 Å². The van der Waals surface area contributed by atoms with Crippen molar-refractivity contribution in [3.05, 3.63) is 23.7 Å². The van der Waals surface area contributed by atoms with Crippen LogP contribution in [0.3, 0.4) is 0 Å². The maximum atomic E-state index is 12.7. The first kappa shape index (κ1) is 12.7. The lowest BCUT2D eigenvalue weighted by atomic mass is 10.2. The van der Waals surface area contributed by atoms with E-state index in [-0.39, 0.29) is 5.69 Å². The summed E-state index contributed by atoms with van der Waals surface area (Å²) in [5.41, 5.74) is 2.21. The van der Waals surface area contributed by atoms with Gasteiger partial charge in [-0.25, -0.2) is 13.8 Å². The molecule has 1 heterocycles. The van der Waals surface area contributed by atoms with Crippen LogP contribution in [0.5, 0.6) is 0 Å². The summed E-state index contributed by atoms with van der Waals surface area (Å²) in [6.45, 7) is 0. The van der Waals surface area contributed by atoms with Gasteiger partial charge in [0.05, 0.1) is 15.7 Å². The zero-order chi connectivity index (χ0) is 13.3. The molecule has 0 aliphatic heterocycles. The second kappa shape index (κ2) is 4.52. The van der Waals surface area contributed by atoms with Crippen LogP contribution in [0.15, 0.2) is 23.7 Å².